The topological polar surface area (TPSA) is 16.1 Å². The Morgan fingerprint density at radius 3 is 2.87 bits per heavy atom. The number of hydrogen-bond donors (Lipinski definition) is 0. The molecular formula is C10H12BrFN2S. The second-order valence-electron chi connectivity index (χ2n) is 3.45. The van der Waals surface area contributed by atoms with E-state index in [1.165, 1.54) is 6.07 Å². The van der Waals surface area contributed by atoms with E-state index in [-0.39, 0.29) is 5.82 Å². The predicted octanol–water partition coefficient (Wildman–Crippen LogP) is 2.53. The molecule has 2 rings (SSSR count). The van der Waals surface area contributed by atoms with Gasteiger partial charge in [-0.25, -0.2) is 9.37 Å². The lowest BCUT2D eigenvalue weighted by atomic mass is 10.3. The largest absolute Gasteiger partial charge is 0.296 e. The van der Waals surface area contributed by atoms with Gasteiger partial charge in [0.05, 0.1) is 5.69 Å². The fourth-order valence-electron chi connectivity index (χ4n) is 1.54. The Balaban J connectivity index is 2.05. The molecule has 0 N–H and O–H groups in total. The van der Waals surface area contributed by atoms with Gasteiger partial charge in [0, 0.05) is 31.1 Å². The number of hydrogen-bond acceptors (Lipinski definition) is 3. The van der Waals surface area contributed by atoms with Crippen molar-refractivity contribution in [2.24, 2.45) is 0 Å². The van der Waals surface area contributed by atoms with Crippen LogP contribution in [0.25, 0.3) is 0 Å². The summed E-state index contributed by atoms with van der Waals surface area (Å²) >= 11 is 5.21. The quantitative estimate of drug-likeness (QED) is 0.779. The average molecular weight is 291 g/mol. The first-order valence-electron chi connectivity index (χ1n) is 4.87. The summed E-state index contributed by atoms with van der Waals surface area (Å²) in [6.45, 7) is 2.67. The zero-order chi connectivity index (χ0) is 10.7. The molecule has 1 fully saturated rings. The Labute approximate surface area is 101 Å². The van der Waals surface area contributed by atoms with E-state index in [0.29, 0.717) is 16.8 Å². The van der Waals surface area contributed by atoms with Gasteiger partial charge in [-0.2, -0.15) is 11.8 Å². The van der Waals surface area contributed by atoms with Crippen LogP contribution in [0.4, 0.5) is 4.39 Å². The molecule has 0 aliphatic carbocycles. The van der Waals surface area contributed by atoms with E-state index in [9.17, 15) is 4.39 Å². The van der Waals surface area contributed by atoms with Crippen molar-refractivity contribution in [2.75, 3.05) is 24.6 Å². The zero-order valence-electron chi connectivity index (χ0n) is 8.25. The van der Waals surface area contributed by atoms with Gasteiger partial charge in [0.1, 0.15) is 10.4 Å². The van der Waals surface area contributed by atoms with E-state index in [1.807, 2.05) is 11.8 Å². The molecule has 1 aromatic heterocycles. The monoisotopic (exact) mass is 290 g/mol. The Hall–Kier alpha value is -0.130. The Bertz CT molecular complexity index is 342. The van der Waals surface area contributed by atoms with Gasteiger partial charge in [-0.05, 0) is 28.1 Å². The van der Waals surface area contributed by atoms with Crippen molar-refractivity contribution in [3.63, 3.8) is 0 Å². The zero-order valence-corrected chi connectivity index (χ0v) is 10.7. The van der Waals surface area contributed by atoms with Crippen molar-refractivity contribution in [2.45, 2.75) is 6.54 Å². The molecule has 1 saturated heterocycles. The molecule has 0 atom stereocenters. The highest BCUT2D eigenvalue weighted by molar-refractivity contribution is 9.10. The van der Waals surface area contributed by atoms with E-state index in [0.717, 1.165) is 24.6 Å². The van der Waals surface area contributed by atoms with Crippen LogP contribution in [0.3, 0.4) is 0 Å². The highest BCUT2D eigenvalue weighted by atomic mass is 79.9. The van der Waals surface area contributed by atoms with Crippen LogP contribution in [0.15, 0.2) is 16.7 Å². The number of pyridine rings is 1. The van der Waals surface area contributed by atoms with Gasteiger partial charge in [-0.3, -0.25) is 4.90 Å². The number of nitrogens with zero attached hydrogens (tertiary/aromatic N) is 2. The molecule has 0 radical (unpaired) electrons. The number of aromatic nitrogens is 1. The third-order valence-electron chi connectivity index (χ3n) is 2.36. The van der Waals surface area contributed by atoms with Crippen LogP contribution >= 0.6 is 27.7 Å². The molecule has 82 valence electrons. The first-order valence-corrected chi connectivity index (χ1v) is 6.81. The molecule has 0 saturated carbocycles. The SMILES string of the molecule is Fc1ccc(Br)nc1CN1CCSCC1. The van der Waals surface area contributed by atoms with E-state index >= 15 is 0 Å². The number of halogens is 2. The van der Waals surface area contributed by atoms with Gasteiger partial charge in [0.2, 0.25) is 0 Å². The summed E-state index contributed by atoms with van der Waals surface area (Å²) in [6, 6.07) is 3.09. The molecule has 1 aromatic rings. The van der Waals surface area contributed by atoms with Crippen LogP contribution < -0.4 is 0 Å². The van der Waals surface area contributed by atoms with E-state index in [2.05, 4.69) is 25.8 Å². The van der Waals surface area contributed by atoms with Gasteiger partial charge >= 0.3 is 0 Å². The fourth-order valence-corrected chi connectivity index (χ4v) is 2.86. The highest BCUT2D eigenvalue weighted by Gasteiger charge is 2.13. The molecule has 1 aliphatic heterocycles. The smallest absolute Gasteiger partial charge is 0.146 e. The van der Waals surface area contributed by atoms with E-state index < -0.39 is 0 Å². The third-order valence-corrected chi connectivity index (χ3v) is 3.75. The van der Waals surface area contributed by atoms with Gasteiger partial charge in [0.15, 0.2) is 0 Å². The maximum Gasteiger partial charge on any atom is 0.146 e. The van der Waals surface area contributed by atoms with Gasteiger partial charge < -0.3 is 0 Å². The fraction of sp³-hybridized carbons (Fsp3) is 0.500. The summed E-state index contributed by atoms with van der Waals surface area (Å²) in [5, 5.41) is 0. The van der Waals surface area contributed by atoms with Crippen LogP contribution in [0.2, 0.25) is 0 Å². The van der Waals surface area contributed by atoms with Crippen molar-refractivity contribution < 1.29 is 4.39 Å². The van der Waals surface area contributed by atoms with Crippen LogP contribution in [-0.4, -0.2) is 34.5 Å². The highest BCUT2D eigenvalue weighted by Crippen LogP contribution is 2.15. The van der Waals surface area contributed by atoms with Gasteiger partial charge in [-0.1, -0.05) is 0 Å². The molecule has 0 bridgehead atoms. The maximum absolute atomic E-state index is 13.4. The summed E-state index contributed by atoms with van der Waals surface area (Å²) < 4.78 is 14.1. The summed E-state index contributed by atoms with van der Waals surface area (Å²) in [7, 11) is 0. The van der Waals surface area contributed by atoms with Crippen LogP contribution in [0.1, 0.15) is 5.69 Å². The van der Waals surface area contributed by atoms with Gasteiger partial charge in [0.25, 0.3) is 0 Å². The van der Waals surface area contributed by atoms with Crippen molar-refractivity contribution in [1.29, 1.82) is 0 Å². The van der Waals surface area contributed by atoms with Crippen LogP contribution in [0.5, 0.6) is 0 Å². The first-order chi connectivity index (χ1) is 7.25. The lowest BCUT2D eigenvalue weighted by Gasteiger charge is -2.25. The lowest BCUT2D eigenvalue weighted by Crippen LogP contribution is -2.32. The average Bonchev–Trinajstić information content (AvgIpc) is 2.25. The minimum absolute atomic E-state index is 0.212. The predicted molar refractivity (Wildman–Crippen MR) is 64.5 cm³/mol. The Kier molecular flexibility index (Phi) is 3.99. The lowest BCUT2D eigenvalue weighted by molar-refractivity contribution is 0.285. The summed E-state index contributed by atoms with van der Waals surface area (Å²) in [4.78, 5) is 6.40. The minimum atomic E-state index is -0.212. The Morgan fingerprint density at radius 2 is 2.13 bits per heavy atom. The Morgan fingerprint density at radius 1 is 1.40 bits per heavy atom. The van der Waals surface area contributed by atoms with Crippen molar-refractivity contribution in [3.05, 3.63) is 28.2 Å². The van der Waals surface area contributed by atoms with E-state index in [1.54, 1.807) is 6.07 Å². The molecule has 15 heavy (non-hydrogen) atoms. The minimum Gasteiger partial charge on any atom is -0.296 e. The van der Waals surface area contributed by atoms with Crippen molar-refractivity contribution in [3.8, 4) is 0 Å². The molecule has 1 aliphatic rings. The molecular weight excluding hydrogens is 279 g/mol. The second kappa shape index (κ2) is 5.27. The van der Waals surface area contributed by atoms with Crippen LogP contribution in [-0.2, 0) is 6.54 Å². The van der Waals surface area contributed by atoms with Crippen LogP contribution in [0, 0.1) is 5.82 Å². The standard InChI is InChI=1S/C10H12BrFN2S/c11-10-2-1-8(12)9(13-10)7-14-3-5-15-6-4-14/h1-2H,3-7H2. The number of thioether (sulfide) groups is 1. The maximum atomic E-state index is 13.4. The van der Waals surface area contributed by atoms with Crippen molar-refractivity contribution in [1.82, 2.24) is 9.88 Å². The third kappa shape index (κ3) is 3.16. The number of rotatable bonds is 2. The summed E-state index contributed by atoms with van der Waals surface area (Å²) in [5.41, 5.74) is 0.538. The molecule has 0 aromatic carbocycles. The molecule has 0 amide bonds. The summed E-state index contributed by atoms with van der Waals surface area (Å²) in [5.74, 6) is 2.06. The molecule has 0 spiro atoms. The first kappa shape index (κ1) is 11.4. The normalized spacial score (nSPS) is 18.0. The van der Waals surface area contributed by atoms with Gasteiger partial charge in [-0.15, -0.1) is 0 Å². The second-order valence-corrected chi connectivity index (χ2v) is 5.49. The molecule has 5 heteroatoms. The molecule has 2 nitrogen and oxygen atoms in total. The molecule has 0 unspecified atom stereocenters. The molecule has 2 heterocycles. The van der Waals surface area contributed by atoms with Crippen molar-refractivity contribution >= 4 is 27.7 Å². The summed E-state index contributed by atoms with van der Waals surface area (Å²) in [6.07, 6.45) is 0. The van der Waals surface area contributed by atoms with E-state index in [4.69, 9.17) is 0 Å².